The lowest BCUT2D eigenvalue weighted by atomic mass is 10.2. The highest BCUT2D eigenvalue weighted by Crippen LogP contribution is 2.49. The van der Waals surface area contributed by atoms with E-state index >= 15 is 0 Å². The first kappa shape index (κ1) is 19.1. The summed E-state index contributed by atoms with van der Waals surface area (Å²) < 4.78 is 23.8. The predicted octanol–water partition coefficient (Wildman–Crippen LogP) is 5.50. The highest BCUT2D eigenvalue weighted by Gasteiger charge is 2.24. The second-order valence-corrected chi connectivity index (χ2v) is 8.26. The summed E-state index contributed by atoms with van der Waals surface area (Å²) in [4.78, 5) is 0. The molecule has 0 unspecified atom stereocenters. The van der Waals surface area contributed by atoms with E-state index in [1.165, 1.54) is 0 Å². The van der Waals surface area contributed by atoms with Gasteiger partial charge in [0.2, 0.25) is 0 Å². The molecule has 0 saturated carbocycles. The molecule has 0 N–H and O–H groups in total. The molecule has 3 nitrogen and oxygen atoms in total. The van der Waals surface area contributed by atoms with Crippen molar-refractivity contribution < 1.29 is 13.6 Å². The molecule has 0 aliphatic rings. The quantitative estimate of drug-likeness (QED) is 0.352. The average Bonchev–Trinajstić information content (AvgIpc) is 2.28. The monoisotopic (exact) mass is 292 g/mol. The molecule has 0 amide bonds. The second kappa shape index (κ2) is 10.9. The van der Waals surface area contributed by atoms with Crippen LogP contribution in [0.5, 0.6) is 0 Å². The van der Waals surface area contributed by atoms with Gasteiger partial charge in [-0.3, -0.25) is 4.57 Å². The lowest BCUT2D eigenvalue weighted by Crippen LogP contribution is -2.06. The number of rotatable bonds is 12. The Labute approximate surface area is 120 Å². The summed E-state index contributed by atoms with van der Waals surface area (Å²) in [5.74, 6) is 1.14. The van der Waals surface area contributed by atoms with Crippen molar-refractivity contribution in [1.29, 1.82) is 0 Å². The molecule has 0 atom stereocenters. The molecule has 0 aromatic heterocycles. The predicted molar refractivity (Wildman–Crippen MR) is 82.8 cm³/mol. The molecule has 0 rings (SSSR count). The summed E-state index contributed by atoms with van der Waals surface area (Å²) in [5.41, 5.74) is 0. The lowest BCUT2D eigenvalue weighted by molar-refractivity contribution is 0.188. The van der Waals surface area contributed by atoms with Gasteiger partial charge in [0.1, 0.15) is 0 Å². The van der Waals surface area contributed by atoms with Crippen molar-refractivity contribution in [3.05, 3.63) is 0 Å². The third-order valence-electron chi connectivity index (χ3n) is 3.00. The molecule has 0 saturated heterocycles. The zero-order chi connectivity index (χ0) is 14.7. The Bertz CT molecular complexity index is 234. The van der Waals surface area contributed by atoms with Crippen molar-refractivity contribution in [3.63, 3.8) is 0 Å². The minimum absolute atomic E-state index is 0.544. The second-order valence-electron chi connectivity index (χ2n) is 6.07. The Morgan fingerprint density at radius 1 is 0.895 bits per heavy atom. The van der Waals surface area contributed by atoms with E-state index in [0.29, 0.717) is 31.2 Å². The molecule has 0 heterocycles. The maximum atomic E-state index is 12.6. The van der Waals surface area contributed by atoms with Crippen molar-refractivity contribution in [2.24, 2.45) is 11.8 Å². The standard InChI is InChI=1S/C15H33O3P/c1-6-7-8-13-19(16,17-11-9-14(2)3)18-12-10-15(4)5/h14-15H,6-13H2,1-5H3. The van der Waals surface area contributed by atoms with Crippen LogP contribution >= 0.6 is 7.60 Å². The van der Waals surface area contributed by atoms with E-state index in [1.807, 2.05) is 0 Å². The first-order valence-electron chi connectivity index (χ1n) is 7.77. The molecular formula is C15H33O3P. The Hall–Kier alpha value is 0.150. The first-order valence-corrected chi connectivity index (χ1v) is 9.50. The maximum absolute atomic E-state index is 12.6. The molecule has 4 heteroatoms. The van der Waals surface area contributed by atoms with Crippen molar-refractivity contribution >= 4 is 7.60 Å². The number of hydrogen-bond acceptors (Lipinski definition) is 3. The smallest absolute Gasteiger partial charge is 0.309 e. The fraction of sp³-hybridized carbons (Fsp3) is 1.00. The van der Waals surface area contributed by atoms with Crippen LogP contribution in [0.4, 0.5) is 0 Å². The van der Waals surface area contributed by atoms with Gasteiger partial charge in [-0.1, -0.05) is 47.5 Å². The molecule has 0 aromatic carbocycles. The van der Waals surface area contributed by atoms with Crippen LogP contribution in [0.25, 0.3) is 0 Å². The highest BCUT2D eigenvalue weighted by atomic mass is 31.2. The van der Waals surface area contributed by atoms with Gasteiger partial charge in [-0.15, -0.1) is 0 Å². The highest BCUT2D eigenvalue weighted by molar-refractivity contribution is 7.53. The van der Waals surface area contributed by atoms with Crippen LogP contribution in [-0.2, 0) is 13.6 Å². The topological polar surface area (TPSA) is 35.5 Å². The summed E-state index contributed by atoms with van der Waals surface area (Å²) in [6, 6.07) is 0. The van der Waals surface area contributed by atoms with E-state index in [-0.39, 0.29) is 0 Å². The minimum atomic E-state index is -2.86. The Morgan fingerprint density at radius 2 is 1.37 bits per heavy atom. The molecule has 116 valence electrons. The molecule has 0 radical (unpaired) electrons. The van der Waals surface area contributed by atoms with Gasteiger partial charge in [0.05, 0.1) is 19.4 Å². The lowest BCUT2D eigenvalue weighted by Gasteiger charge is -2.19. The van der Waals surface area contributed by atoms with E-state index < -0.39 is 7.60 Å². The maximum Gasteiger partial charge on any atom is 0.330 e. The van der Waals surface area contributed by atoms with Gasteiger partial charge in [0, 0.05) is 0 Å². The van der Waals surface area contributed by atoms with Crippen molar-refractivity contribution in [3.8, 4) is 0 Å². The van der Waals surface area contributed by atoms with E-state index in [2.05, 4.69) is 34.6 Å². The summed E-state index contributed by atoms with van der Waals surface area (Å²) in [6.07, 6.45) is 5.58. The Morgan fingerprint density at radius 3 is 1.74 bits per heavy atom. The van der Waals surface area contributed by atoms with E-state index in [4.69, 9.17) is 9.05 Å². The van der Waals surface area contributed by atoms with Crippen molar-refractivity contribution in [2.75, 3.05) is 19.4 Å². The molecule has 0 aliphatic carbocycles. The molecular weight excluding hydrogens is 259 g/mol. The fourth-order valence-corrected chi connectivity index (χ4v) is 3.29. The van der Waals surface area contributed by atoms with Gasteiger partial charge in [0.15, 0.2) is 0 Å². The average molecular weight is 292 g/mol. The first-order chi connectivity index (χ1) is 8.89. The van der Waals surface area contributed by atoms with Gasteiger partial charge in [-0.2, -0.15) is 0 Å². The van der Waals surface area contributed by atoms with E-state index in [1.54, 1.807) is 0 Å². The zero-order valence-corrected chi connectivity index (χ0v) is 14.4. The fourth-order valence-electron chi connectivity index (χ4n) is 1.58. The Kier molecular flexibility index (Phi) is 11.0. The number of hydrogen-bond donors (Lipinski definition) is 0. The number of unbranched alkanes of at least 4 members (excludes halogenated alkanes) is 2. The SMILES string of the molecule is CCCCCP(=O)(OCCC(C)C)OCCC(C)C. The summed E-state index contributed by atoms with van der Waals surface area (Å²) in [6.45, 7) is 11.8. The Balaban J connectivity index is 4.15. The normalized spacial score (nSPS) is 12.6. The van der Waals surface area contributed by atoms with Crippen LogP contribution in [0.15, 0.2) is 0 Å². The van der Waals surface area contributed by atoms with Crippen molar-refractivity contribution in [1.82, 2.24) is 0 Å². The molecule has 0 bridgehead atoms. The van der Waals surface area contributed by atoms with Gasteiger partial charge in [-0.05, 0) is 31.1 Å². The third kappa shape index (κ3) is 11.7. The van der Waals surface area contributed by atoms with Crippen LogP contribution < -0.4 is 0 Å². The third-order valence-corrected chi connectivity index (χ3v) is 5.02. The van der Waals surface area contributed by atoms with Gasteiger partial charge >= 0.3 is 7.60 Å². The van der Waals surface area contributed by atoms with Crippen LogP contribution in [0, 0.1) is 11.8 Å². The largest absolute Gasteiger partial charge is 0.330 e. The molecule has 0 aromatic rings. The minimum Gasteiger partial charge on any atom is -0.309 e. The molecule has 0 fully saturated rings. The molecule has 19 heavy (non-hydrogen) atoms. The van der Waals surface area contributed by atoms with Crippen LogP contribution in [0.2, 0.25) is 0 Å². The summed E-state index contributed by atoms with van der Waals surface area (Å²) in [5, 5.41) is 0. The van der Waals surface area contributed by atoms with Gasteiger partial charge in [-0.25, -0.2) is 0 Å². The summed E-state index contributed by atoms with van der Waals surface area (Å²) >= 11 is 0. The summed E-state index contributed by atoms with van der Waals surface area (Å²) in [7, 11) is -2.86. The van der Waals surface area contributed by atoms with E-state index in [9.17, 15) is 4.57 Å². The zero-order valence-electron chi connectivity index (χ0n) is 13.5. The van der Waals surface area contributed by atoms with Gasteiger partial charge in [0.25, 0.3) is 0 Å². The van der Waals surface area contributed by atoms with Crippen molar-refractivity contribution in [2.45, 2.75) is 66.7 Å². The molecule has 0 aliphatic heterocycles. The van der Waals surface area contributed by atoms with Crippen LogP contribution in [-0.4, -0.2) is 19.4 Å². The van der Waals surface area contributed by atoms with Crippen LogP contribution in [0.1, 0.15) is 66.7 Å². The van der Waals surface area contributed by atoms with Crippen LogP contribution in [0.3, 0.4) is 0 Å². The van der Waals surface area contributed by atoms with Gasteiger partial charge < -0.3 is 9.05 Å². The van der Waals surface area contributed by atoms with E-state index in [0.717, 1.165) is 32.1 Å². The molecule has 0 spiro atoms.